The highest BCUT2D eigenvalue weighted by Gasteiger charge is 2.04. The summed E-state index contributed by atoms with van der Waals surface area (Å²) < 4.78 is 1.98. The maximum atomic E-state index is 5.80. The number of nitrogens with zero attached hydrogens (tertiary/aromatic N) is 3. The Morgan fingerprint density at radius 3 is 2.79 bits per heavy atom. The molecule has 4 heteroatoms. The lowest BCUT2D eigenvalue weighted by atomic mass is 10.2. The van der Waals surface area contributed by atoms with Crippen molar-refractivity contribution >= 4 is 11.6 Å². The molecule has 2 aromatic heterocycles. The third-order valence-corrected chi connectivity index (χ3v) is 2.34. The van der Waals surface area contributed by atoms with Crippen LogP contribution in [0.3, 0.4) is 0 Å². The molecule has 2 rings (SSSR count). The van der Waals surface area contributed by atoms with Gasteiger partial charge in [0.2, 0.25) is 0 Å². The van der Waals surface area contributed by atoms with Gasteiger partial charge >= 0.3 is 0 Å². The van der Waals surface area contributed by atoms with Crippen LogP contribution in [0.1, 0.15) is 5.82 Å². The van der Waals surface area contributed by atoms with Gasteiger partial charge in [0.05, 0.1) is 5.69 Å². The van der Waals surface area contributed by atoms with Gasteiger partial charge in [0.15, 0.2) is 0 Å². The van der Waals surface area contributed by atoms with Crippen LogP contribution in [0.15, 0.2) is 24.5 Å². The summed E-state index contributed by atoms with van der Waals surface area (Å²) in [4.78, 5) is 8.32. The fourth-order valence-corrected chi connectivity index (χ4v) is 1.43. The largest absolute Gasteiger partial charge is 0.338 e. The Hall–Kier alpha value is -1.35. The maximum Gasteiger partial charge on any atom is 0.129 e. The Balaban J connectivity index is 2.49. The van der Waals surface area contributed by atoms with Crippen molar-refractivity contribution in [3.8, 4) is 11.3 Å². The first-order valence-corrected chi connectivity index (χ1v) is 4.66. The molecule has 0 saturated carbocycles. The predicted molar refractivity (Wildman–Crippen MR) is 56.2 cm³/mol. The fraction of sp³-hybridized carbons (Fsp3) is 0.200. The van der Waals surface area contributed by atoms with E-state index in [4.69, 9.17) is 11.6 Å². The van der Waals surface area contributed by atoms with Crippen molar-refractivity contribution in [2.45, 2.75) is 6.92 Å². The zero-order valence-corrected chi connectivity index (χ0v) is 8.78. The number of hydrogen-bond acceptors (Lipinski definition) is 2. The number of hydrogen-bond donors (Lipinski definition) is 0. The number of pyridine rings is 1. The average Bonchev–Trinajstić information content (AvgIpc) is 2.47. The molecule has 3 nitrogen and oxygen atoms in total. The second-order valence-electron chi connectivity index (χ2n) is 3.15. The number of imidazole rings is 1. The summed E-state index contributed by atoms with van der Waals surface area (Å²) >= 11 is 5.80. The van der Waals surface area contributed by atoms with Crippen LogP contribution in [-0.2, 0) is 7.05 Å². The monoisotopic (exact) mass is 207 g/mol. The summed E-state index contributed by atoms with van der Waals surface area (Å²) in [5.41, 5.74) is 1.92. The molecular formula is C10H10ClN3. The maximum absolute atomic E-state index is 5.80. The molecule has 0 saturated heterocycles. The van der Waals surface area contributed by atoms with Crippen molar-refractivity contribution in [2.24, 2.45) is 7.05 Å². The third kappa shape index (κ3) is 1.63. The van der Waals surface area contributed by atoms with E-state index < -0.39 is 0 Å². The van der Waals surface area contributed by atoms with Crippen LogP contribution in [0.5, 0.6) is 0 Å². The predicted octanol–water partition coefficient (Wildman–Crippen LogP) is 2.44. The number of rotatable bonds is 1. The van der Waals surface area contributed by atoms with Crippen LogP contribution >= 0.6 is 11.6 Å². The number of aryl methyl sites for hydroxylation is 2. The first kappa shape index (κ1) is 9.21. The summed E-state index contributed by atoms with van der Waals surface area (Å²) in [6.45, 7) is 1.96. The zero-order valence-electron chi connectivity index (χ0n) is 8.03. The van der Waals surface area contributed by atoms with E-state index in [-0.39, 0.29) is 0 Å². The Kier molecular flexibility index (Phi) is 2.25. The molecule has 0 unspecified atom stereocenters. The van der Waals surface area contributed by atoms with Crippen LogP contribution in [0, 0.1) is 6.92 Å². The van der Waals surface area contributed by atoms with Gasteiger partial charge in [-0.25, -0.2) is 9.97 Å². The van der Waals surface area contributed by atoms with E-state index in [1.165, 1.54) is 0 Å². The molecule has 0 fully saturated rings. The highest BCUT2D eigenvalue weighted by molar-refractivity contribution is 6.29. The molecule has 0 bridgehead atoms. The topological polar surface area (TPSA) is 30.7 Å². The fourth-order valence-electron chi connectivity index (χ4n) is 1.26. The minimum atomic E-state index is 0.491. The second-order valence-corrected chi connectivity index (χ2v) is 3.54. The summed E-state index contributed by atoms with van der Waals surface area (Å²) in [5.74, 6) is 0.980. The summed E-state index contributed by atoms with van der Waals surface area (Å²) in [5, 5.41) is 0.491. The van der Waals surface area contributed by atoms with E-state index in [1.807, 2.05) is 36.9 Å². The highest BCUT2D eigenvalue weighted by Crippen LogP contribution is 2.19. The van der Waals surface area contributed by atoms with Gasteiger partial charge in [-0.15, -0.1) is 0 Å². The molecule has 0 aliphatic heterocycles. The summed E-state index contributed by atoms with van der Waals surface area (Å²) in [7, 11) is 1.97. The standard InChI is InChI=1S/C10H10ClN3/c1-7-13-9(6-14(7)2)8-3-4-12-10(11)5-8/h3-6H,1-2H3. The lowest BCUT2D eigenvalue weighted by Crippen LogP contribution is -1.86. The van der Waals surface area contributed by atoms with Crippen molar-refractivity contribution < 1.29 is 0 Å². The van der Waals surface area contributed by atoms with Crippen molar-refractivity contribution in [1.82, 2.24) is 14.5 Å². The van der Waals surface area contributed by atoms with E-state index in [0.717, 1.165) is 17.1 Å². The van der Waals surface area contributed by atoms with Gasteiger partial charge < -0.3 is 4.57 Å². The van der Waals surface area contributed by atoms with Gasteiger partial charge in [-0.1, -0.05) is 11.6 Å². The SMILES string of the molecule is Cc1nc(-c2ccnc(Cl)c2)cn1C. The first-order chi connectivity index (χ1) is 6.66. The molecule has 0 aromatic carbocycles. The molecular weight excluding hydrogens is 198 g/mol. The molecule has 72 valence electrons. The number of aromatic nitrogens is 3. The van der Waals surface area contributed by atoms with Gasteiger partial charge in [-0.05, 0) is 19.1 Å². The average molecular weight is 208 g/mol. The van der Waals surface area contributed by atoms with Gasteiger partial charge in [0.1, 0.15) is 11.0 Å². The molecule has 0 radical (unpaired) electrons. The summed E-state index contributed by atoms with van der Waals surface area (Å²) in [6, 6.07) is 3.71. The van der Waals surface area contributed by atoms with Crippen molar-refractivity contribution in [2.75, 3.05) is 0 Å². The van der Waals surface area contributed by atoms with Crippen molar-refractivity contribution in [3.63, 3.8) is 0 Å². The van der Waals surface area contributed by atoms with Gasteiger partial charge in [0, 0.05) is 25.0 Å². The molecule has 0 aliphatic rings. The van der Waals surface area contributed by atoms with Gasteiger partial charge in [-0.2, -0.15) is 0 Å². The van der Waals surface area contributed by atoms with Crippen LogP contribution in [0.4, 0.5) is 0 Å². The molecule has 0 atom stereocenters. The molecule has 0 amide bonds. The minimum absolute atomic E-state index is 0.491. The normalized spacial score (nSPS) is 10.5. The highest BCUT2D eigenvalue weighted by atomic mass is 35.5. The lowest BCUT2D eigenvalue weighted by molar-refractivity contribution is 0.858. The van der Waals surface area contributed by atoms with Gasteiger partial charge in [-0.3, -0.25) is 0 Å². The van der Waals surface area contributed by atoms with Crippen LogP contribution in [0.25, 0.3) is 11.3 Å². The van der Waals surface area contributed by atoms with Crippen molar-refractivity contribution in [1.29, 1.82) is 0 Å². The lowest BCUT2D eigenvalue weighted by Gasteiger charge is -1.95. The van der Waals surface area contributed by atoms with Crippen molar-refractivity contribution in [3.05, 3.63) is 35.5 Å². The van der Waals surface area contributed by atoms with Crippen LogP contribution < -0.4 is 0 Å². The third-order valence-electron chi connectivity index (χ3n) is 2.13. The van der Waals surface area contributed by atoms with E-state index >= 15 is 0 Å². The molecule has 0 aliphatic carbocycles. The molecule has 14 heavy (non-hydrogen) atoms. The molecule has 0 N–H and O–H groups in total. The first-order valence-electron chi connectivity index (χ1n) is 4.29. The number of halogens is 1. The Labute approximate surface area is 87.4 Å². The van der Waals surface area contributed by atoms with Crippen LogP contribution in [-0.4, -0.2) is 14.5 Å². The zero-order chi connectivity index (χ0) is 10.1. The van der Waals surface area contributed by atoms with E-state index in [0.29, 0.717) is 5.15 Å². The quantitative estimate of drug-likeness (QED) is 0.673. The van der Waals surface area contributed by atoms with Gasteiger partial charge in [0.25, 0.3) is 0 Å². The molecule has 0 spiro atoms. The Morgan fingerprint density at radius 2 is 2.21 bits per heavy atom. The second kappa shape index (κ2) is 3.42. The van der Waals surface area contributed by atoms with E-state index in [1.54, 1.807) is 6.20 Å². The Bertz CT molecular complexity index is 443. The smallest absolute Gasteiger partial charge is 0.129 e. The van der Waals surface area contributed by atoms with E-state index in [9.17, 15) is 0 Å². The molecule has 2 aromatic rings. The Morgan fingerprint density at radius 1 is 1.43 bits per heavy atom. The van der Waals surface area contributed by atoms with E-state index in [2.05, 4.69) is 9.97 Å². The summed E-state index contributed by atoms with van der Waals surface area (Å²) in [6.07, 6.45) is 3.66. The minimum Gasteiger partial charge on any atom is -0.338 e. The van der Waals surface area contributed by atoms with Crippen LogP contribution in [0.2, 0.25) is 5.15 Å². The molecule has 2 heterocycles.